The topological polar surface area (TPSA) is 132 Å². The first-order valence-corrected chi connectivity index (χ1v) is 17.3. The van der Waals surface area contributed by atoms with E-state index in [0.717, 1.165) is 65.5 Å². The van der Waals surface area contributed by atoms with Gasteiger partial charge in [-0.3, -0.25) is 0 Å². The molecule has 46 heavy (non-hydrogen) atoms. The first kappa shape index (κ1) is 37.7. The Hall–Kier alpha value is -2.78. The molecule has 2 aliphatic heterocycles. The van der Waals surface area contributed by atoms with Crippen LogP contribution in [0, 0.1) is 38.5 Å². The fourth-order valence-corrected chi connectivity index (χ4v) is 6.64. The predicted molar refractivity (Wildman–Crippen MR) is 177 cm³/mol. The first-order valence-electron chi connectivity index (χ1n) is 17.3. The lowest BCUT2D eigenvalue weighted by molar-refractivity contribution is -0.149. The van der Waals surface area contributed by atoms with Crippen LogP contribution in [-0.2, 0) is 25.5 Å². The molecule has 260 valence electrons. The molecule has 0 amide bonds. The van der Waals surface area contributed by atoms with Crippen molar-refractivity contribution in [2.45, 2.75) is 144 Å². The number of carbonyl (C=O) groups excluding carboxylic acids is 2. The maximum absolute atomic E-state index is 12.8. The number of fused-ring (bicyclic) bond motifs is 1. The lowest BCUT2D eigenvalue weighted by Gasteiger charge is -2.38. The Labute approximate surface area is 275 Å². The number of esters is 2. The van der Waals surface area contributed by atoms with Gasteiger partial charge in [-0.2, -0.15) is 0 Å². The maximum atomic E-state index is 12.8. The maximum Gasteiger partial charge on any atom is 0.378 e. The van der Waals surface area contributed by atoms with Crippen molar-refractivity contribution in [2.24, 2.45) is 17.8 Å². The molecule has 5 atom stereocenters. The number of carbonyl (C=O) groups is 2. The normalized spacial score (nSPS) is 21.5. The van der Waals surface area contributed by atoms with E-state index in [1.54, 1.807) is 0 Å². The second-order valence-corrected chi connectivity index (χ2v) is 14.5. The minimum atomic E-state index is -1.51. The lowest BCUT2D eigenvalue weighted by atomic mass is 9.83. The Morgan fingerprint density at radius 1 is 0.957 bits per heavy atom. The van der Waals surface area contributed by atoms with Gasteiger partial charge in [0.15, 0.2) is 18.5 Å². The van der Waals surface area contributed by atoms with E-state index in [0.29, 0.717) is 11.7 Å². The van der Waals surface area contributed by atoms with Crippen molar-refractivity contribution in [1.29, 1.82) is 0 Å². The largest absolute Gasteiger partial charge is 0.505 e. The minimum Gasteiger partial charge on any atom is -0.505 e. The summed E-state index contributed by atoms with van der Waals surface area (Å²) >= 11 is 0. The molecule has 9 nitrogen and oxygen atoms in total. The van der Waals surface area contributed by atoms with Crippen molar-refractivity contribution in [2.75, 3.05) is 13.2 Å². The zero-order valence-electron chi connectivity index (χ0n) is 29.4. The molecule has 1 aromatic carbocycles. The highest BCUT2D eigenvalue weighted by atomic mass is 16.6. The highest BCUT2D eigenvalue weighted by molar-refractivity contribution is 5.90. The van der Waals surface area contributed by atoms with Crippen molar-refractivity contribution < 1.29 is 43.9 Å². The number of hydrogen-bond donors (Lipinski definition) is 3. The molecule has 3 N–H and O–H groups in total. The van der Waals surface area contributed by atoms with Gasteiger partial charge in [0.05, 0.1) is 6.61 Å². The quantitative estimate of drug-likeness (QED) is 0.113. The zero-order chi connectivity index (χ0) is 34.2. The van der Waals surface area contributed by atoms with E-state index in [2.05, 4.69) is 34.6 Å². The van der Waals surface area contributed by atoms with Gasteiger partial charge in [0.1, 0.15) is 23.2 Å². The highest BCUT2D eigenvalue weighted by Crippen LogP contribution is 2.45. The Balaban J connectivity index is 1.52. The summed E-state index contributed by atoms with van der Waals surface area (Å²) in [5.41, 5.74) is 3.32. The molecule has 1 aromatic rings. The number of benzene rings is 1. The van der Waals surface area contributed by atoms with Gasteiger partial charge in [-0.05, 0) is 87.8 Å². The average Bonchev–Trinajstić information content (AvgIpc) is 3.28. The molecule has 0 aromatic heterocycles. The summed E-state index contributed by atoms with van der Waals surface area (Å²) in [5, 5.41) is 29.0. The van der Waals surface area contributed by atoms with Crippen LogP contribution < -0.4 is 9.47 Å². The molecule has 0 bridgehead atoms. The highest BCUT2D eigenvalue weighted by Gasteiger charge is 2.41. The third-order valence-corrected chi connectivity index (χ3v) is 9.85. The molecule has 9 heteroatoms. The van der Waals surface area contributed by atoms with Crippen molar-refractivity contribution >= 4 is 11.9 Å². The lowest BCUT2D eigenvalue weighted by Crippen LogP contribution is -2.37. The molecular formula is C37H58O9. The third kappa shape index (κ3) is 9.86. The zero-order valence-corrected chi connectivity index (χ0v) is 29.4. The van der Waals surface area contributed by atoms with Gasteiger partial charge in [0.25, 0.3) is 0 Å². The summed E-state index contributed by atoms with van der Waals surface area (Å²) in [6.07, 6.45) is 10.0. The third-order valence-electron chi connectivity index (χ3n) is 9.85. The summed E-state index contributed by atoms with van der Waals surface area (Å²) in [4.78, 5) is 24.8. The van der Waals surface area contributed by atoms with E-state index in [1.807, 2.05) is 20.8 Å². The molecule has 0 aliphatic carbocycles. The predicted octanol–water partition coefficient (Wildman–Crippen LogP) is 7.10. The average molecular weight is 647 g/mol. The Kier molecular flexibility index (Phi) is 13.8. The second kappa shape index (κ2) is 16.9. The summed E-state index contributed by atoms with van der Waals surface area (Å²) in [6.45, 7) is 16.0. The Morgan fingerprint density at radius 3 is 2.17 bits per heavy atom. The van der Waals surface area contributed by atoms with Crippen LogP contribution in [0.3, 0.4) is 0 Å². The van der Waals surface area contributed by atoms with Crippen molar-refractivity contribution in [1.82, 2.24) is 0 Å². The number of rotatable bonds is 18. The van der Waals surface area contributed by atoms with Crippen LogP contribution >= 0.6 is 0 Å². The van der Waals surface area contributed by atoms with Crippen LogP contribution in [0.15, 0.2) is 11.5 Å². The molecule has 0 saturated carbocycles. The standard InChI is InChI=1S/C37H58O9/c1-22(2)12-9-13-23(3)14-10-15-24(4)16-11-18-37(8)19-17-28-27(7)32(25(5)26(6)33(28)46-37)44-30(40)21-43-35-31(41)34(29(39)20-38)45-36(35)42/h22-24,29,34,38-39,41H,9-21H2,1-8H3/t23-,24-,29+,34-,37-/m1/s1. The monoisotopic (exact) mass is 646 g/mol. The number of hydrogen-bond acceptors (Lipinski definition) is 9. The van der Waals surface area contributed by atoms with Crippen molar-refractivity contribution in [3.8, 4) is 11.5 Å². The summed E-state index contributed by atoms with van der Waals surface area (Å²) < 4.78 is 22.5. The van der Waals surface area contributed by atoms with Crippen LogP contribution in [0.2, 0.25) is 0 Å². The summed E-state index contributed by atoms with van der Waals surface area (Å²) in [6, 6.07) is 0. The number of aliphatic hydroxyl groups is 3. The van der Waals surface area contributed by atoms with Gasteiger partial charge >= 0.3 is 11.9 Å². The number of aliphatic hydroxyl groups excluding tert-OH is 3. The van der Waals surface area contributed by atoms with E-state index in [9.17, 15) is 19.8 Å². The fourth-order valence-electron chi connectivity index (χ4n) is 6.64. The Morgan fingerprint density at radius 2 is 1.57 bits per heavy atom. The number of cyclic esters (lactones) is 1. The van der Waals surface area contributed by atoms with Crippen LogP contribution in [-0.4, -0.2) is 58.3 Å². The van der Waals surface area contributed by atoms with Gasteiger partial charge in [0, 0.05) is 5.56 Å². The summed E-state index contributed by atoms with van der Waals surface area (Å²) in [5.74, 6) is 0.570. The van der Waals surface area contributed by atoms with E-state index in [1.165, 1.54) is 44.9 Å². The van der Waals surface area contributed by atoms with E-state index in [-0.39, 0.29) is 5.60 Å². The van der Waals surface area contributed by atoms with Crippen LogP contribution in [0.4, 0.5) is 0 Å². The minimum absolute atomic E-state index is 0.250. The van der Waals surface area contributed by atoms with Crippen molar-refractivity contribution in [3.63, 3.8) is 0 Å². The SMILES string of the molecule is Cc1c(C)c2c(c(C)c1OC(=O)COC1=C(O)[C@@H]([C@@H](O)CO)OC1=O)CC[C@@](C)(CCC[C@H](C)CCC[C@H](C)CCCC(C)C)O2. The van der Waals surface area contributed by atoms with Gasteiger partial charge in [0.2, 0.25) is 5.76 Å². The molecule has 0 fully saturated rings. The molecule has 0 saturated heterocycles. The fraction of sp³-hybridized carbons (Fsp3) is 0.730. The molecular weight excluding hydrogens is 588 g/mol. The van der Waals surface area contributed by atoms with Gasteiger partial charge in [-0.15, -0.1) is 0 Å². The van der Waals surface area contributed by atoms with Crippen LogP contribution in [0.25, 0.3) is 0 Å². The number of ether oxygens (including phenoxy) is 4. The molecule has 0 spiro atoms. The Bertz CT molecular complexity index is 1240. The van der Waals surface area contributed by atoms with E-state index in [4.69, 9.17) is 24.1 Å². The molecule has 0 radical (unpaired) electrons. The smallest absolute Gasteiger partial charge is 0.378 e. The molecule has 2 aliphatic rings. The van der Waals surface area contributed by atoms with Crippen LogP contribution in [0.1, 0.15) is 121 Å². The van der Waals surface area contributed by atoms with E-state index < -0.39 is 48.9 Å². The first-order chi connectivity index (χ1) is 21.7. The van der Waals surface area contributed by atoms with Gasteiger partial charge in [-0.1, -0.05) is 72.6 Å². The summed E-state index contributed by atoms with van der Waals surface area (Å²) in [7, 11) is 0. The molecule has 0 unspecified atom stereocenters. The molecule has 2 heterocycles. The van der Waals surface area contributed by atoms with Gasteiger partial charge < -0.3 is 34.3 Å². The van der Waals surface area contributed by atoms with Gasteiger partial charge in [-0.25, -0.2) is 9.59 Å². The van der Waals surface area contributed by atoms with Crippen LogP contribution in [0.5, 0.6) is 11.5 Å². The molecule has 3 rings (SSSR count). The second-order valence-electron chi connectivity index (χ2n) is 14.5. The van der Waals surface area contributed by atoms with E-state index >= 15 is 0 Å². The van der Waals surface area contributed by atoms with Crippen molar-refractivity contribution in [3.05, 3.63) is 33.8 Å².